The zero-order valence-corrected chi connectivity index (χ0v) is 12.0. The summed E-state index contributed by atoms with van der Waals surface area (Å²) < 4.78 is 5.53. The highest BCUT2D eigenvalue weighted by Gasteiger charge is 2.36. The Hall–Kier alpha value is -1.00. The van der Waals surface area contributed by atoms with Crippen molar-refractivity contribution in [2.24, 2.45) is 0 Å². The Labute approximate surface area is 118 Å². The first-order valence-electron chi connectivity index (χ1n) is 6.86. The molecule has 19 heavy (non-hydrogen) atoms. The SMILES string of the molecule is Cc1ccc(C2SCCN2C(=O)C2CCCO2)cc1. The van der Waals surface area contributed by atoms with Gasteiger partial charge in [0.2, 0.25) is 0 Å². The lowest BCUT2D eigenvalue weighted by molar-refractivity contribution is -0.141. The molecule has 0 aliphatic carbocycles. The van der Waals surface area contributed by atoms with Crippen molar-refractivity contribution in [2.75, 3.05) is 18.9 Å². The number of carbonyl (C=O) groups excluding carboxylic acids is 1. The van der Waals surface area contributed by atoms with Gasteiger partial charge >= 0.3 is 0 Å². The van der Waals surface area contributed by atoms with E-state index in [1.807, 2.05) is 16.7 Å². The maximum Gasteiger partial charge on any atom is 0.252 e. The van der Waals surface area contributed by atoms with Gasteiger partial charge in [-0.15, -0.1) is 11.8 Å². The molecule has 0 spiro atoms. The fraction of sp³-hybridized carbons (Fsp3) is 0.533. The highest BCUT2D eigenvalue weighted by molar-refractivity contribution is 7.99. The summed E-state index contributed by atoms with van der Waals surface area (Å²) in [6.45, 7) is 3.65. The quantitative estimate of drug-likeness (QED) is 0.832. The van der Waals surface area contributed by atoms with E-state index in [0.29, 0.717) is 0 Å². The van der Waals surface area contributed by atoms with E-state index in [2.05, 4.69) is 31.2 Å². The molecular weight excluding hydrogens is 258 g/mol. The van der Waals surface area contributed by atoms with Crippen LogP contribution in [0.2, 0.25) is 0 Å². The molecule has 1 amide bonds. The number of nitrogens with zero attached hydrogens (tertiary/aromatic N) is 1. The number of benzene rings is 1. The number of hydrogen-bond acceptors (Lipinski definition) is 3. The zero-order valence-electron chi connectivity index (χ0n) is 11.2. The number of carbonyl (C=O) groups is 1. The molecule has 0 bridgehead atoms. The molecule has 2 fully saturated rings. The van der Waals surface area contributed by atoms with Crippen LogP contribution in [-0.4, -0.2) is 35.8 Å². The standard InChI is InChI=1S/C15H19NO2S/c1-11-4-6-12(7-5-11)15-16(8-10-19-15)14(17)13-3-2-9-18-13/h4-7,13,15H,2-3,8-10H2,1H3. The van der Waals surface area contributed by atoms with Gasteiger partial charge in [0, 0.05) is 18.9 Å². The van der Waals surface area contributed by atoms with Crippen LogP contribution in [0.4, 0.5) is 0 Å². The van der Waals surface area contributed by atoms with Gasteiger partial charge in [-0.25, -0.2) is 0 Å². The molecule has 0 saturated carbocycles. The second kappa shape index (κ2) is 5.55. The number of amides is 1. The van der Waals surface area contributed by atoms with Crippen molar-refractivity contribution in [1.82, 2.24) is 4.90 Å². The summed E-state index contributed by atoms with van der Waals surface area (Å²) in [6.07, 6.45) is 1.68. The van der Waals surface area contributed by atoms with Crippen LogP contribution < -0.4 is 0 Å². The molecule has 0 radical (unpaired) electrons. The first-order valence-corrected chi connectivity index (χ1v) is 7.91. The Morgan fingerprint density at radius 1 is 1.37 bits per heavy atom. The predicted molar refractivity (Wildman–Crippen MR) is 77.1 cm³/mol. The Balaban J connectivity index is 1.77. The minimum absolute atomic E-state index is 0.164. The summed E-state index contributed by atoms with van der Waals surface area (Å²) in [6, 6.07) is 8.49. The van der Waals surface area contributed by atoms with E-state index < -0.39 is 0 Å². The van der Waals surface area contributed by atoms with Gasteiger partial charge in [0.25, 0.3) is 5.91 Å². The van der Waals surface area contributed by atoms with E-state index in [1.54, 1.807) is 0 Å². The number of aryl methyl sites for hydroxylation is 1. The molecule has 3 nitrogen and oxygen atoms in total. The van der Waals surface area contributed by atoms with Crippen LogP contribution in [0.5, 0.6) is 0 Å². The maximum atomic E-state index is 12.5. The Morgan fingerprint density at radius 2 is 2.16 bits per heavy atom. The lowest BCUT2D eigenvalue weighted by Crippen LogP contribution is -2.38. The summed E-state index contributed by atoms with van der Waals surface area (Å²) >= 11 is 1.85. The van der Waals surface area contributed by atoms with Crippen LogP contribution in [-0.2, 0) is 9.53 Å². The van der Waals surface area contributed by atoms with Gasteiger partial charge in [0.05, 0.1) is 0 Å². The molecular formula is C15H19NO2S. The summed E-state index contributed by atoms with van der Waals surface area (Å²) in [5.74, 6) is 1.19. The zero-order chi connectivity index (χ0) is 13.2. The third-order valence-electron chi connectivity index (χ3n) is 3.74. The van der Waals surface area contributed by atoms with Crippen molar-refractivity contribution in [2.45, 2.75) is 31.2 Å². The largest absolute Gasteiger partial charge is 0.368 e. The summed E-state index contributed by atoms with van der Waals surface area (Å²) in [4.78, 5) is 14.5. The average Bonchev–Trinajstić information content (AvgIpc) is 3.10. The topological polar surface area (TPSA) is 29.5 Å². The Kier molecular flexibility index (Phi) is 3.80. The van der Waals surface area contributed by atoms with Crippen molar-refractivity contribution in [3.63, 3.8) is 0 Å². The molecule has 4 heteroatoms. The minimum Gasteiger partial charge on any atom is -0.368 e. The number of rotatable bonds is 2. The van der Waals surface area contributed by atoms with Gasteiger partial charge in [-0.05, 0) is 25.3 Å². The van der Waals surface area contributed by atoms with Crippen molar-refractivity contribution >= 4 is 17.7 Å². The summed E-state index contributed by atoms with van der Waals surface area (Å²) in [5.41, 5.74) is 2.48. The first-order chi connectivity index (χ1) is 9.25. The van der Waals surface area contributed by atoms with E-state index in [0.717, 1.165) is 31.7 Å². The van der Waals surface area contributed by atoms with E-state index >= 15 is 0 Å². The minimum atomic E-state index is -0.202. The number of hydrogen-bond donors (Lipinski definition) is 0. The molecule has 1 aromatic rings. The van der Waals surface area contributed by atoms with Crippen LogP contribution in [0.25, 0.3) is 0 Å². The Bertz CT molecular complexity index is 454. The van der Waals surface area contributed by atoms with E-state index in [4.69, 9.17) is 4.74 Å². The summed E-state index contributed by atoms with van der Waals surface area (Å²) in [5, 5.41) is 0.164. The van der Waals surface area contributed by atoms with E-state index in [-0.39, 0.29) is 17.4 Å². The maximum absolute atomic E-state index is 12.5. The molecule has 0 aromatic heterocycles. The highest BCUT2D eigenvalue weighted by atomic mass is 32.2. The van der Waals surface area contributed by atoms with Crippen LogP contribution >= 0.6 is 11.8 Å². The third-order valence-corrected chi connectivity index (χ3v) is 5.00. The van der Waals surface area contributed by atoms with E-state index in [9.17, 15) is 4.79 Å². The third kappa shape index (κ3) is 2.65. The lowest BCUT2D eigenvalue weighted by Gasteiger charge is -2.26. The van der Waals surface area contributed by atoms with Gasteiger partial charge < -0.3 is 9.64 Å². The van der Waals surface area contributed by atoms with Crippen molar-refractivity contribution in [3.8, 4) is 0 Å². The lowest BCUT2D eigenvalue weighted by atomic mass is 10.1. The molecule has 2 aliphatic heterocycles. The fourth-order valence-electron chi connectivity index (χ4n) is 2.66. The monoisotopic (exact) mass is 277 g/mol. The van der Waals surface area contributed by atoms with E-state index in [1.165, 1.54) is 11.1 Å². The number of ether oxygens (including phenoxy) is 1. The van der Waals surface area contributed by atoms with Crippen LogP contribution in [0, 0.1) is 6.92 Å². The van der Waals surface area contributed by atoms with Gasteiger partial charge in [-0.2, -0.15) is 0 Å². The fourth-order valence-corrected chi connectivity index (χ4v) is 3.92. The van der Waals surface area contributed by atoms with Gasteiger partial charge in [-0.3, -0.25) is 4.79 Å². The highest BCUT2D eigenvalue weighted by Crippen LogP contribution is 2.38. The van der Waals surface area contributed by atoms with Crippen molar-refractivity contribution in [1.29, 1.82) is 0 Å². The second-order valence-corrected chi connectivity index (χ2v) is 6.36. The number of thioether (sulfide) groups is 1. The second-order valence-electron chi connectivity index (χ2n) is 5.17. The summed E-state index contributed by atoms with van der Waals surface area (Å²) in [7, 11) is 0. The molecule has 1 aromatic carbocycles. The van der Waals surface area contributed by atoms with Crippen molar-refractivity contribution < 1.29 is 9.53 Å². The van der Waals surface area contributed by atoms with Crippen molar-refractivity contribution in [3.05, 3.63) is 35.4 Å². The molecule has 2 aliphatic rings. The molecule has 3 rings (SSSR count). The molecule has 2 unspecified atom stereocenters. The molecule has 2 heterocycles. The van der Waals surface area contributed by atoms with Gasteiger partial charge in [0.1, 0.15) is 11.5 Å². The van der Waals surface area contributed by atoms with Crippen LogP contribution in [0.15, 0.2) is 24.3 Å². The van der Waals surface area contributed by atoms with Crippen LogP contribution in [0.3, 0.4) is 0 Å². The first kappa shape index (κ1) is 13.0. The smallest absolute Gasteiger partial charge is 0.252 e. The molecule has 2 saturated heterocycles. The molecule has 102 valence electrons. The Morgan fingerprint density at radius 3 is 2.84 bits per heavy atom. The van der Waals surface area contributed by atoms with Crippen LogP contribution in [0.1, 0.15) is 29.3 Å². The predicted octanol–water partition coefficient (Wildman–Crippen LogP) is 2.75. The average molecular weight is 277 g/mol. The molecule has 2 atom stereocenters. The van der Waals surface area contributed by atoms with Gasteiger partial charge in [0.15, 0.2) is 0 Å². The molecule has 0 N–H and O–H groups in total. The normalized spacial score (nSPS) is 26.9. The van der Waals surface area contributed by atoms with Gasteiger partial charge in [-0.1, -0.05) is 29.8 Å².